The summed E-state index contributed by atoms with van der Waals surface area (Å²) in [7, 11) is -3.55. The van der Waals surface area contributed by atoms with Gasteiger partial charge < -0.3 is 10.3 Å². The summed E-state index contributed by atoms with van der Waals surface area (Å²) >= 11 is 1.74. The van der Waals surface area contributed by atoms with Gasteiger partial charge >= 0.3 is 0 Å². The zero-order chi connectivity index (χ0) is 17.2. The predicted molar refractivity (Wildman–Crippen MR) is 96.0 cm³/mol. The van der Waals surface area contributed by atoms with Gasteiger partial charge in [-0.1, -0.05) is 18.2 Å². The summed E-state index contributed by atoms with van der Waals surface area (Å²) in [5.74, 6) is 1.23. The van der Waals surface area contributed by atoms with Crippen molar-refractivity contribution < 1.29 is 13.2 Å². The zero-order valence-electron chi connectivity index (χ0n) is 13.3. The number of benzene rings is 1. The third-order valence-corrected chi connectivity index (χ3v) is 6.72. The summed E-state index contributed by atoms with van der Waals surface area (Å²) in [4.78, 5) is 15.2. The lowest BCUT2D eigenvalue weighted by molar-refractivity contribution is 0.102. The number of sulfonamides is 1. The first-order valence-electron chi connectivity index (χ1n) is 7.62. The molecule has 0 saturated carbocycles. The number of aryl methyl sites for hydroxylation is 1. The van der Waals surface area contributed by atoms with Gasteiger partial charge in [-0.3, -0.25) is 4.79 Å². The molecule has 24 heavy (non-hydrogen) atoms. The second-order valence-electron chi connectivity index (χ2n) is 5.53. The van der Waals surface area contributed by atoms with E-state index in [1.165, 1.54) is 16.6 Å². The van der Waals surface area contributed by atoms with E-state index in [0.29, 0.717) is 18.8 Å². The summed E-state index contributed by atoms with van der Waals surface area (Å²) < 4.78 is 26.7. The van der Waals surface area contributed by atoms with Crippen LogP contribution in [0.25, 0.3) is 0 Å². The van der Waals surface area contributed by atoms with E-state index < -0.39 is 10.0 Å². The molecule has 2 heterocycles. The number of H-pyrrole nitrogens is 1. The van der Waals surface area contributed by atoms with Gasteiger partial charge in [0.2, 0.25) is 10.0 Å². The maximum Gasteiger partial charge on any atom is 0.272 e. The standard InChI is InChI=1S/C16H19N3O3S2/c1-12-4-2-3-5-14(12)18-16(20)15-10-13(11-17-15)24(21,22)19-6-8-23-9-7-19/h2-5,10-11,17H,6-9H2,1H3,(H,18,20). The quantitative estimate of drug-likeness (QED) is 0.871. The van der Waals surface area contributed by atoms with E-state index in [9.17, 15) is 13.2 Å². The smallest absolute Gasteiger partial charge is 0.272 e. The number of aromatic nitrogens is 1. The second-order valence-corrected chi connectivity index (χ2v) is 8.70. The molecule has 1 amide bonds. The van der Waals surface area contributed by atoms with Crippen LogP contribution in [-0.2, 0) is 10.0 Å². The Kier molecular flexibility index (Phi) is 4.98. The number of carbonyl (C=O) groups is 1. The van der Waals surface area contributed by atoms with Crippen molar-refractivity contribution in [3.8, 4) is 0 Å². The van der Waals surface area contributed by atoms with Crippen LogP contribution < -0.4 is 5.32 Å². The maximum atomic E-state index is 12.6. The van der Waals surface area contributed by atoms with Crippen LogP contribution in [0.4, 0.5) is 5.69 Å². The van der Waals surface area contributed by atoms with Crippen LogP contribution in [0.1, 0.15) is 16.1 Å². The molecule has 1 aromatic carbocycles. The van der Waals surface area contributed by atoms with Crippen molar-refractivity contribution in [3.05, 3.63) is 47.8 Å². The summed E-state index contributed by atoms with van der Waals surface area (Å²) in [6, 6.07) is 8.82. The van der Waals surface area contributed by atoms with Crippen molar-refractivity contribution in [1.29, 1.82) is 0 Å². The monoisotopic (exact) mass is 365 g/mol. The number of hydrogen-bond acceptors (Lipinski definition) is 4. The third-order valence-electron chi connectivity index (χ3n) is 3.90. The average Bonchev–Trinajstić information content (AvgIpc) is 3.09. The van der Waals surface area contributed by atoms with E-state index in [4.69, 9.17) is 0 Å². The van der Waals surface area contributed by atoms with Crippen molar-refractivity contribution >= 4 is 33.4 Å². The van der Waals surface area contributed by atoms with Gasteiger partial charge in [-0.05, 0) is 24.6 Å². The molecule has 1 aromatic heterocycles. The number of nitrogens with zero attached hydrogens (tertiary/aromatic N) is 1. The minimum Gasteiger partial charge on any atom is -0.356 e. The molecule has 128 valence electrons. The minimum atomic E-state index is -3.55. The SMILES string of the molecule is Cc1ccccc1NC(=O)c1cc(S(=O)(=O)N2CCSCC2)c[nH]1. The normalized spacial score (nSPS) is 16.0. The molecule has 6 nitrogen and oxygen atoms in total. The van der Waals surface area contributed by atoms with E-state index in [2.05, 4.69) is 10.3 Å². The Bertz CT molecular complexity index is 840. The van der Waals surface area contributed by atoms with E-state index in [0.717, 1.165) is 17.1 Å². The Morgan fingerprint density at radius 3 is 2.67 bits per heavy atom. The largest absolute Gasteiger partial charge is 0.356 e. The number of carbonyl (C=O) groups excluding carboxylic acids is 1. The van der Waals surface area contributed by atoms with Gasteiger partial charge in [-0.25, -0.2) is 8.42 Å². The fraction of sp³-hybridized carbons (Fsp3) is 0.312. The van der Waals surface area contributed by atoms with Crippen LogP contribution in [0.15, 0.2) is 41.4 Å². The topological polar surface area (TPSA) is 82.3 Å². The lowest BCUT2D eigenvalue weighted by atomic mass is 10.2. The maximum absolute atomic E-state index is 12.6. The average molecular weight is 365 g/mol. The first kappa shape index (κ1) is 17.1. The van der Waals surface area contributed by atoms with Gasteiger partial charge in [0.05, 0.1) is 0 Å². The Hall–Kier alpha value is -1.77. The highest BCUT2D eigenvalue weighted by atomic mass is 32.2. The molecule has 0 radical (unpaired) electrons. The summed E-state index contributed by atoms with van der Waals surface area (Å²) in [5.41, 5.74) is 1.87. The molecule has 1 saturated heterocycles. The Balaban J connectivity index is 1.77. The summed E-state index contributed by atoms with van der Waals surface area (Å²) in [6.07, 6.45) is 1.38. The van der Waals surface area contributed by atoms with Gasteiger partial charge in [0.15, 0.2) is 0 Å². The molecule has 0 spiro atoms. The van der Waals surface area contributed by atoms with E-state index >= 15 is 0 Å². The van der Waals surface area contributed by atoms with Crippen molar-refractivity contribution in [2.45, 2.75) is 11.8 Å². The van der Waals surface area contributed by atoms with Gasteiger partial charge in [-0.2, -0.15) is 16.1 Å². The molecule has 0 aliphatic carbocycles. The first-order chi connectivity index (χ1) is 11.5. The lowest BCUT2D eigenvalue weighted by Gasteiger charge is -2.24. The Labute approximate surface area is 145 Å². The fourth-order valence-electron chi connectivity index (χ4n) is 2.49. The van der Waals surface area contributed by atoms with Crippen molar-refractivity contribution in [2.24, 2.45) is 0 Å². The van der Waals surface area contributed by atoms with Crippen LogP contribution in [0, 0.1) is 6.92 Å². The highest BCUT2D eigenvalue weighted by Crippen LogP contribution is 2.21. The number of rotatable bonds is 4. The molecule has 0 bridgehead atoms. The van der Waals surface area contributed by atoms with Crippen LogP contribution in [0.3, 0.4) is 0 Å². The number of aromatic amines is 1. The number of para-hydroxylation sites is 1. The highest BCUT2D eigenvalue weighted by Gasteiger charge is 2.27. The van der Waals surface area contributed by atoms with E-state index in [1.807, 2.05) is 25.1 Å². The van der Waals surface area contributed by atoms with Gasteiger partial charge in [0.25, 0.3) is 5.91 Å². The molecule has 0 unspecified atom stereocenters. The van der Waals surface area contributed by atoms with Gasteiger partial charge in [0.1, 0.15) is 10.6 Å². The third kappa shape index (κ3) is 3.50. The number of hydrogen-bond donors (Lipinski definition) is 2. The molecule has 2 aromatic rings. The van der Waals surface area contributed by atoms with Crippen LogP contribution in [-0.4, -0.2) is 48.2 Å². The molecular weight excluding hydrogens is 346 g/mol. The number of amides is 1. The molecular formula is C16H19N3O3S2. The van der Waals surface area contributed by atoms with Crippen LogP contribution in [0.2, 0.25) is 0 Å². The zero-order valence-corrected chi connectivity index (χ0v) is 14.9. The summed E-state index contributed by atoms with van der Waals surface area (Å²) in [6.45, 7) is 2.90. The van der Waals surface area contributed by atoms with Crippen LogP contribution in [0.5, 0.6) is 0 Å². The molecule has 1 aliphatic heterocycles. The van der Waals surface area contributed by atoms with E-state index in [-0.39, 0.29) is 16.5 Å². The van der Waals surface area contributed by atoms with E-state index in [1.54, 1.807) is 17.8 Å². The molecule has 0 atom stereocenters. The number of anilines is 1. The molecule has 1 fully saturated rings. The number of thioether (sulfide) groups is 1. The molecule has 8 heteroatoms. The fourth-order valence-corrected chi connectivity index (χ4v) is 5.06. The lowest BCUT2D eigenvalue weighted by Crippen LogP contribution is -2.37. The van der Waals surface area contributed by atoms with Gasteiger partial charge in [-0.15, -0.1) is 0 Å². The van der Waals surface area contributed by atoms with Crippen LogP contribution >= 0.6 is 11.8 Å². The highest BCUT2D eigenvalue weighted by molar-refractivity contribution is 7.99. The Morgan fingerprint density at radius 2 is 1.96 bits per heavy atom. The van der Waals surface area contributed by atoms with Gasteiger partial charge in [0, 0.05) is 36.5 Å². The number of nitrogens with one attached hydrogen (secondary N) is 2. The van der Waals surface area contributed by atoms with Crippen molar-refractivity contribution in [3.63, 3.8) is 0 Å². The molecule has 3 rings (SSSR count). The van der Waals surface area contributed by atoms with Crippen molar-refractivity contribution in [2.75, 3.05) is 29.9 Å². The molecule has 1 aliphatic rings. The molecule has 2 N–H and O–H groups in total. The van der Waals surface area contributed by atoms with Crippen molar-refractivity contribution in [1.82, 2.24) is 9.29 Å². The first-order valence-corrected chi connectivity index (χ1v) is 10.2. The predicted octanol–water partition coefficient (Wildman–Crippen LogP) is 2.31. The minimum absolute atomic E-state index is 0.129. The Morgan fingerprint density at radius 1 is 1.25 bits per heavy atom. The second kappa shape index (κ2) is 7.00. The summed E-state index contributed by atoms with van der Waals surface area (Å²) in [5, 5.41) is 2.79.